The average Bonchev–Trinajstić information content (AvgIpc) is 3.86. The molecule has 0 aliphatic carbocycles. The van der Waals surface area contributed by atoms with E-state index in [1.165, 1.54) is 58.3 Å². The van der Waals surface area contributed by atoms with E-state index in [4.69, 9.17) is 4.98 Å². The minimum atomic E-state index is 0.951. The second kappa shape index (κ2) is 11.0. The summed E-state index contributed by atoms with van der Waals surface area (Å²) in [5, 5.41) is 7.70. The molecule has 0 saturated carbocycles. The maximum absolute atomic E-state index is 5.17. The highest BCUT2D eigenvalue weighted by atomic mass is 32.1. The van der Waals surface area contributed by atoms with Crippen molar-refractivity contribution in [3.05, 3.63) is 176 Å². The Hall–Kier alpha value is -6.49. The Labute approximate surface area is 297 Å². The molecule has 4 heteroatoms. The molecular formula is C47H29N3S. The van der Waals surface area contributed by atoms with Gasteiger partial charge in [-0.25, -0.2) is 4.98 Å². The number of pyridine rings is 1. The molecule has 11 rings (SSSR count). The van der Waals surface area contributed by atoms with Crippen molar-refractivity contribution in [1.82, 2.24) is 14.1 Å². The third-order valence-electron chi connectivity index (χ3n) is 10.3. The summed E-state index contributed by atoms with van der Waals surface area (Å²) < 4.78 is 7.53. The first-order valence-corrected chi connectivity index (χ1v) is 18.1. The summed E-state index contributed by atoms with van der Waals surface area (Å²) >= 11 is 1.90. The van der Waals surface area contributed by atoms with Crippen LogP contribution in [0.15, 0.2) is 176 Å². The van der Waals surface area contributed by atoms with Gasteiger partial charge in [-0.15, -0.1) is 11.3 Å². The van der Waals surface area contributed by atoms with Gasteiger partial charge in [-0.05, 0) is 54.6 Å². The minimum Gasteiger partial charge on any atom is -0.309 e. The van der Waals surface area contributed by atoms with Crippen LogP contribution in [-0.4, -0.2) is 14.1 Å². The fraction of sp³-hybridized carbons (Fsp3) is 0. The van der Waals surface area contributed by atoms with Crippen molar-refractivity contribution in [2.24, 2.45) is 0 Å². The zero-order chi connectivity index (χ0) is 33.5. The smallest absolute Gasteiger partial charge is 0.0730 e. The molecule has 0 N–H and O–H groups in total. The van der Waals surface area contributed by atoms with Crippen LogP contribution in [0, 0.1) is 0 Å². The van der Waals surface area contributed by atoms with Gasteiger partial charge >= 0.3 is 0 Å². The van der Waals surface area contributed by atoms with Crippen LogP contribution >= 0.6 is 11.3 Å². The second-order valence-corrected chi connectivity index (χ2v) is 14.2. The van der Waals surface area contributed by atoms with Crippen molar-refractivity contribution in [2.45, 2.75) is 0 Å². The lowest BCUT2D eigenvalue weighted by Crippen LogP contribution is -1.98. The van der Waals surface area contributed by atoms with Gasteiger partial charge in [0.1, 0.15) is 0 Å². The van der Waals surface area contributed by atoms with Crippen molar-refractivity contribution < 1.29 is 0 Å². The van der Waals surface area contributed by atoms with Gasteiger partial charge in [0, 0.05) is 58.5 Å². The molecular weight excluding hydrogens is 639 g/mol. The molecule has 0 radical (unpaired) electrons. The Morgan fingerprint density at radius 3 is 1.65 bits per heavy atom. The Morgan fingerprint density at radius 2 is 0.922 bits per heavy atom. The summed E-state index contributed by atoms with van der Waals surface area (Å²) in [6.07, 6.45) is 0. The summed E-state index contributed by atoms with van der Waals surface area (Å²) in [5.41, 5.74) is 11.1. The van der Waals surface area contributed by atoms with Crippen molar-refractivity contribution in [3.8, 4) is 33.9 Å². The van der Waals surface area contributed by atoms with Gasteiger partial charge in [0.15, 0.2) is 0 Å². The molecule has 0 aliphatic rings. The molecule has 4 aromatic heterocycles. The predicted octanol–water partition coefficient (Wildman–Crippen LogP) is 13.0. The molecule has 4 heterocycles. The summed E-state index contributed by atoms with van der Waals surface area (Å²) in [4.78, 5) is 5.17. The highest BCUT2D eigenvalue weighted by Gasteiger charge is 2.20. The number of hydrogen-bond donors (Lipinski definition) is 0. The van der Waals surface area contributed by atoms with E-state index in [9.17, 15) is 0 Å². The molecule has 0 aliphatic heterocycles. The highest BCUT2D eigenvalue weighted by Crippen LogP contribution is 2.44. The van der Waals surface area contributed by atoms with Crippen LogP contribution in [0.3, 0.4) is 0 Å². The molecule has 0 fully saturated rings. The van der Waals surface area contributed by atoms with Crippen LogP contribution in [0.1, 0.15) is 0 Å². The lowest BCUT2D eigenvalue weighted by molar-refractivity contribution is 1.15. The Morgan fingerprint density at radius 1 is 0.373 bits per heavy atom. The normalized spacial score (nSPS) is 11.9. The van der Waals surface area contributed by atoms with Crippen LogP contribution in [0.4, 0.5) is 0 Å². The van der Waals surface area contributed by atoms with Gasteiger partial charge < -0.3 is 9.13 Å². The predicted molar refractivity (Wildman–Crippen MR) is 217 cm³/mol. The first kappa shape index (κ1) is 28.4. The molecule has 0 bridgehead atoms. The summed E-state index contributed by atoms with van der Waals surface area (Å²) in [7, 11) is 0. The molecule has 0 unspecified atom stereocenters. The van der Waals surface area contributed by atoms with Gasteiger partial charge in [0.2, 0.25) is 0 Å². The zero-order valence-corrected chi connectivity index (χ0v) is 28.3. The van der Waals surface area contributed by atoms with Crippen LogP contribution in [0.5, 0.6) is 0 Å². The number of thiophene rings is 1. The zero-order valence-electron chi connectivity index (χ0n) is 27.5. The molecule has 0 atom stereocenters. The van der Waals surface area contributed by atoms with E-state index < -0.39 is 0 Å². The van der Waals surface area contributed by atoms with E-state index in [1.807, 2.05) is 11.3 Å². The molecule has 11 aromatic rings. The van der Waals surface area contributed by atoms with E-state index in [1.54, 1.807) is 0 Å². The quantitative estimate of drug-likeness (QED) is 0.183. The standard InChI is InChI=1S/C47H29N3S/c1-3-13-30(14-4-1)39-28-33(29-40(48-39)31-15-5-2-6-16-31)50-41-20-10-7-17-34(41)38-27-32(23-25-43(38)50)49-42-21-11-8-19-37(42)46-44(49)26-24-36-35-18-9-12-22-45(35)51-47(36)46/h1-29H. The summed E-state index contributed by atoms with van der Waals surface area (Å²) in [6, 6.07) is 63.4. The maximum Gasteiger partial charge on any atom is 0.0730 e. The van der Waals surface area contributed by atoms with E-state index in [0.29, 0.717) is 0 Å². The first-order valence-electron chi connectivity index (χ1n) is 17.3. The van der Waals surface area contributed by atoms with Crippen molar-refractivity contribution >= 4 is 75.1 Å². The number of rotatable bonds is 4. The number of para-hydroxylation sites is 2. The van der Waals surface area contributed by atoms with Crippen LogP contribution in [0.25, 0.3) is 97.7 Å². The molecule has 51 heavy (non-hydrogen) atoms. The van der Waals surface area contributed by atoms with Gasteiger partial charge in [0.05, 0.1) is 39.1 Å². The minimum absolute atomic E-state index is 0.951. The summed E-state index contributed by atoms with van der Waals surface area (Å²) in [5.74, 6) is 0. The lowest BCUT2D eigenvalue weighted by Gasteiger charge is -2.13. The molecule has 0 spiro atoms. The molecule has 3 nitrogen and oxygen atoms in total. The average molecular weight is 668 g/mol. The fourth-order valence-electron chi connectivity index (χ4n) is 8.05. The topological polar surface area (TPSA) is 22.8 Å². The number of nitrogens with zero attached hydrogens (tertiary/aromatic N) is 3. The Kier molecular flexibility index (Phi) is 6.12. The van der Waals surface area contributed by atoms with Gasteiger partial charge in [-0.2, -0.15) is 0 Å². The third kappa shape index (κ3) is 4.27. The van der Waals surface area contributed by atoms with Gasteiger partial charge in [-0.3, -0.25) is 0 Å². The Bertz CT molecular complexity index is 3070. The molecule has 0 saturated heterocycles. The first-order chi connectivity index (χ1) is 25.3. The highest BCUT2D eigenvalue weighted by molar-refractivity contribution is 7.26. The second-order valence-electron chi connectivity index (χ2n) is 13.2. The van der Waals surface area contributed by atoms with Crippen LogP contribution < -0.4 is 0 Å². The SMILES string of the molecule is c1ccc(-c2cc(-n3c4ccccc4c4cc(-n5c6ccccc6c6c7sc8ccccc8c7ccc65)ccc43)cc(-c3ccccc3)n2)cc1. The van der Waals surface area contributed by atoms with Crippen LogP contribution in [-0.2, 0) is 0 Å². The fourth-order valence-corrected chi connectivity index (χ4v) is 9.31. The number of benzene rings is 7. The number of hydrogen-bond acceptors (Lipinski definition) is 2. The summed E-state index contributed by atoms with van der Waals surface area (Å²) in [6.45, 7) is 0. The van der Waals surface area contributed by atoms with E-state index in [0.717, 1.165) is 39.4 Å². The van der Waals surface area contributed by atoms with Gasteiger partial charge in [0.25, 0.3) is 0 Å². The maximum atomic E-state index is 5.17. The Balaban J connectivity index is 1.18. The van der Waals surface area contributed by atoms with E-state index >= 15 is 0 Å². The molecule has 7 aromatic carbocycles. The van der Waals surface area contributed by atoms with Crippen molar-refractivity contribution in [2.75, 3.05) is 0 Å². The number of fused-ring (bicyclic) bond motifs is 10. The van der Waals surface area contributed by atoms with Crippen molar-refractivity contribution in [1.29, 1.82) is 0 Å². The largest absolute Gasteiger partial charge is 0.309 e. The van der Waals surface area contributed by atoms with Crippen LogP contribution in [0.2, 0.25) is 0 Å². The number of aromatic nitrogens is 3. The lowest BCUT2D eigenvalue weighted by atomic mass is 10.1. The van der Waals surface area contributed by atoms with Gasteiger partial charge in [-0.1, -0.05) is 121 Å². The molecule has 238 valence electrons. The third-order valence-corrected chi connectivity index (χ3v) is 11.5. The van der Waals surface area contributed by atoms with E-state index in [-0.39, 0.29) is 0 Å². The molecule has 0 amide bonds. The monoisotopic (exact) mass is 667 g/mol. The van der Waals surface area contributed by atoms with Crippen molar-refractivity contribution in [3.63, 3.8) is 0 Å². The van der Waals surface area contributed by atoms with E-state index in [2.05, 4.69) is 185 Å².